The molecule has 0 aliphatic carbocycles. The highest BCUT2D eigenvalue weighted by Gasteiger charge is 2.49. The van der Waals surface area contributed by atoms with Crippen LogP contribution in [0.4, 0.5) is 19.0 Å². The molecule has 44 heavy (non-hydrogen) atoms. The molecule has 0 unspecified atom stereocenters. The van der Waals surface area contributed by atoms with Gasteiger partial charge >= 0.3 is 6.01 Å². The van der Waals surface area contributed by atoms with Crippen molar-refractivity contribution in [2.75, 3.05) is 44.9 Å². The number of ether oxygens (including phenoxy) is 3. The number of alkyl halides is 1. The Kier molecular flexibility index (Phi) is 6.36. The van der Waals surface area contributed by atoms with Gasteiger partial charge in [0.1, 0.15) is 47.1 Å². The number of rotatable bonds is 4. The lowest BCUT2D eigenvalue weighted by Gasteiger charge is -2.36. The highest BCUT2D eigenvalue weighted by atomic mass is 19.1. The Morgan fingerprint density at radius 2 is 2.05 bits per heavy atom. The molecule has 2 aromatic heterocycles. The van der Waals surface area contributed by atoms with Crippen LogP contribution in [-0.2, 0) is 4.74 Å². The van der Waals surface area contributed by atoms with Gasteiger partial charge in [-0.1, -0.05) is 30.2 Å². The van der Waals surface area contributed by atoms with Gasteiger partial charge in [0.05, 0.1) is 23.8 Å². The van der Waals surface area contributed by atoms with E-state index >= 15 is 4.39 Å². The lowest BCUT2D eigenvalue weighted by Crippen LogP contribution is -2.49. The van der Waals surface area contributed by atoms with E-state index in [0.717, 1.165) is 19.4 Å². The maximum absolute atomic E-state index is 16.8. The highest BCUT2D eigenvalue weighted by molar-refractivity contribution is 6.03. The second-order valence-electron chi connectivity index (χ2n) is 12.2. The fourth-order valence-corrected chi connectivity index (χ4v) is 7.58. The van der Waals surface area contributed by atoms with Gasteiger partial charge in [-0.25, -0.2) is 18.2 Å². The van der Waals surface area contributed by atoms with Crippen LogP contribution >= 0.6 is 0 Å². The van der Waals surface area contributed by atoms with E-state index in [2.05, 4.69) is 15.8 Å². The van der Waals surface area contributed by atoms with Crippen molar-refractivity contribution >= 4 is 27.5 Å². The average molecular weight is 602 g/mol. The molecule has 11 heteroatoms. The first-order valence-electron chi connectivity index (χ1n) is 15.0. The van der Waals surface area contributed by atoms with E-state index in [1.165, 1.54) is 6.07 Å². The quantitative estimate of drug-likeness (QED) is 0.301. The van der Waals surface area contributed by atoms with E-state index in [0.29, 0.717) is 60.1 Å². The summed E-state index contributed by atoms with van der Waals surface area (Å²) in [6, 6.07) is 7.94. The van der Waals surface area contributed by atoms with E-state index in [9.17, 15) is 8.78 Å². The molecule has 8 nitrogen and oxygen atoms in total. The van der Waals surface area contributed by atoms with Gasteiger partial charge in [0.2, 0.25) is 5.88 Å². The zero-order valence-electron chi connectivity index (χ0n) is 24.2. The standard InChI is InChI=1S/C33H30F3N5O3/c1-3-20-22(35)9-8-18-6-4-7-21(25(18)20)28-27(36)29-26-30(40(2)23-10-13-42-16-24(23)44-31(26)37-28)39-32(38-29)43-17-33-11-5-12-41(33)15-19(34)14-33/h1,4,6-9,19,23-24H,5,10-17H2,2H3/t19-,23+,24+,33+/m1/s1. The van der Waals surface area contributed by atoms with Crippen LogP contribution < -0.4 is 14.4 Å². The minimum atomic E-state index is -0.915. The molecule has 0 bridgehead atoms. The van der Waals surface area contributed by atoms with E-state index in [1.54, 1.807) is 24.3 Å². The molecule has 0 saturated carbocycles. The van der Waals surface area contributed by atoms with Crippen LogP contribution in [0.5, 0.6) is 11.9 Å². The number of pyridine rings is 1. The highest BCUT2D eigenvalue weighted by Crippen LogP contribution is 2.44. The molecule has 4 aromatic rings. The van der Waals surface area contributed by atoms with Gasteiger partial charge < -0.3 is 19.1 Å². The molecule has 4 atom stereocenters. The Balaban J connectivity index is 1.32. The summed E-state index contributed by atoms with van der Waals surface area (Å²) in [6.45, 7) is 2.25. The Labute approximate surface area is 252 Å². The molecule has 2 aromatic carbocycles. The third-order valence-corrected chi connectivity index (χ3v) is 9.70. The predicted octanol–water partition coefficient (Wildman–Crippen LogP) is 5.05. The molecule has 0 N–H and O–H groups in total. The zero-order valence-corrected chi connectivity index (χ0v) is 24.2. The van der Waals surface area contributed by atoms with Crippen molar-refractivity contribution in [2.24, 2.45) is 0 Å². The zero-order chi connectivity index (χ0) is 30.2. The molecule has 4 aliphatic rings. The number of benzene rings is 2. The number of likely N-dealkylation sites (N-methyl/N-ethyl adjacent to an activating group) is 1. The van der Waals surface area contributed by atoms with Crippen LogP contribution in [0.15, 0.2) is 30.3 Å². The summed E-state index contributed by atoms with van der Waals surface area (Å²) in [4.78, 5) is 18.1. The summed E-state index contributed by atoms with van der Waals surface area (Å²) >= 11 is 0. The maximum atomic E-state index is 16.8. The van der Waals surface area contributed by atoms with Gasteiger partial charge in [0.25, 0.3) is 0 Å². The Morgan fingerprint density at radius 3 is 2.91 bits per heavy atom. The van der Waals surface area contributed by atoms with Crippen molar-refractivity contribution in [3.8, 4) is 35.5 Å². The summed E-state index contributed by atoms with van der Waals surface area (Å²) in [5.41, 5.74) is -0.223. The molecule has 226 valence electrons. The van der Waals surface area contributed by atoms with Crippen LogP contribution in [-0.4, -0.2) is 83.7 Å². The van der Waals surface area contributed by atoms with Crippen LogP contribution in [0.25, 0.3) is 32.9 Å². The Bertz CT molecular complexity index is 1870. The van der Waals surface area contributed by atoms with Crippen LogP contribution in [0.3, 0.4) is 0 Å². The van der Waals surface area contributed by atoms with Gasteiger partial charge in [0, 0.05) is 37.6 Å². The topological polar surface area (TPSA) is 72.8 Å². The number of hydrogen-bond donors (Lipinski definition) is 0. The maximum Gasteiger partial charge on any atom is 0.319 e. The first kappa shape index (κ1) is 27.4. The second-order valence-corrected chi connectivity index (χ2v) is 12.2. The minimum absolute atomic E-state index is 0.0105. The van der Waals surface area contributed by atoms with Crippen molar-refractivity contribution in [3.05, 3.63) is 47.5 Å². The largest absolute Gasteiger partial charge is 0.469 e. The summed E-state index contributed by atoms with van der Waals surface area (Å²) in [7, 11) is 1.88. The summed E-state index contributed by atoms with van der Waals surface area (Å²) in [5, 5.41) is 1.32. The SMILES string of the molecule is C#Cc1c(F)ccc2cccc(-c3nc4c5c(nc(OC[C@@]67CCCN6C[C@H](F)C7)nc5c3F)N(C)[C@H]3CCOC[C@@H]3O4)c12. The monoisotopic (exact) mass is 601 g/mol. The minimum Gasteiger partial charge on any atom is -0.469 e. The molecule has 4 aliphatic heterocycles. The third-order valence-electron chi connectivity index (χ3n) is 9.70. The van der Waals surface area contributed by atoms with E-state index in [4.69, 9.17) is 30.6 Å². The lowest BCUT2D eigenvalue weighted by molar-refractivity contribution is -0.00627. The smallest absolute Gasteiger partial charge is 0.319 e. The molecule has 3 fully saturated rings. The van der Waals surface area contributed by atoms with Crippen LogP contribution in [0.2, 0.25) is 0 Å². The van der Waals surface area contributed by atoms with Gasteiger partial charge in [0.15, 0.2) is 5.82 Å². The van der Waals surface area contributed by atoms with Gasteiger partial charge in [-0.15, -0.1) is 6.42 Å². The molecule has 8 rings (SSSR count). The number of fused-ring (bicyclic) bond motifs is 3. The third kappa shape index (κ3) is 4.11. The normalized spacial score (nSPS) is 26.2. The second kappa shape index (κ2) is 10.2. The Morgan fingerprint density at radius 1 is 1.16 bits per heavy atom. The van der Waals surface area contributed by atoms with Gasteiger partial charge in [-0.2, -0.15) is 9.97 Å². The molecule has 3 saturated heterocycles. The Hall–Kier alpha value is -4.14. The van der Waals surface area contributed by atoms with Crippen molar-refractivity contribution < 1.29 is 27.4 Å². The number of nitrogens with zero attached hydrogens (tertiary/aromatic N) is 5. The summed E-state index contributed by atoms with van der Waals surface area (Å²) in [6.07, 6.45) is 7.22. The van der Waals surface area contributed by atoms with E-state index in [-0.39, 0.29) is 41.3 Å². The van der Waals surface area contributed by atoms with Crippen molar-refractivity contribution in [2.45, 2.75) is 49.5 Å². The molecule has 6 heterocycles. The number of anilines is 1. The predicted molar refractivity (Wildman–Crippen MR) is 159 cm³/mol. The average Bonchev–Trinajstić information content (AvgIpc) is 3.52. The lowest BCUT2D eigenvalue weighted by atomic mass is 9.95. The van der Waals surface area contributed by atoms with Crippen molar-refractivity contribution in [1.29, 1.82) is 0 Å². The number of terminal acetylenes is 1. The number of halogens is 3. The van der Waals surface area contributed by atoms with E-state index < -0.39 is 29.4 Å². The van der Waals surface area contributed by atoms with E-state index in [1.807, 2.05) is 11.9 Å². The first-order chi connectivity index (χ1) is 21.4. The number of aromatic nitrogens is 3. The fraction of sp³-hybridized carbons (Fsp3) is 0.424. The molecule has 0 radical (unpaired) electrons. The van der Waals surface area contributed by atoms with Crippen LogP contribution in [0.1, 0.15) is 31.2 Å². The van der Waals surface area contributed by atoms with Crippen molar-refractivity contribution in [1.82, 2.24) is 19.9 Å². The van der Waals surface area contributed by atoms with Gasteiger partial charge in [-0.05, 0) is 37.3 Å². The van der Waals surface area contributed by atoms with Gasteiger partial charge in [-0.3, -0.25) is 4.90 Å². The molecular formula is C33H30F3N5O3. The fourth-order valence-electron chi connectivity index (χ4n) is 7.58. The molecule has 0 spiro atoms. The molecule has 0 amide bonds. The van der Waals surface area contributed by atoms with Crippen LogP contribution in [0, 0.1) is 24.0 Å². The molecular weight excluding hydrogens is 571 g/mol. The van der Waals surface area contributed by atoms with Crippen molar-refractivity contribution in [3.63, 3.8) is 0 Å². The summed E-state index contributed by atoms with van der Waals surface area (Å²) in [5.74, 6) is 1.68. The first-order valence-corrected chi connectivity index (χ1v) is 15.0. The summed E-state index contributed by atoms with van der Waals surface area (Å²) < 4.78 is 64.6. The number of hydrogen-bond acceptors (Lipinski definition) is 8.